The largest absolute Gasteiger partial charge is 0.339 e. The molecule has 0 bridgehead atoms. The van der Waals surface area contributed by atoms with E-state index >= 15 is 0 Å². The molecule has 1 heterocycles. The fourth-order valence-corrected chi connectivity index (χ4v) is 2.90. The molecule has 0 radical (unpaired) electrons. The van der Waals surface area contributed by atoms with Crippen molar-refractivity contribution in [3.05, 3.63) is 43.2 Å². The fraction of sp³-hybridized carbons (Fsp3) is 0.286. The van der Waals surface area contributed by atoms with Crippen molar-refractivity contribution >= 4 is 62.2 Å². The molecule has 1 fully saturated rings. The van der Waals surface area contributed by atoms with E-state index in [1.165, 1.54) is 0 Å². The van der Waals surface area contributed by atoms with E-state index in [2.05, 4.69) is 31.2 Å². The van der Waals surface area contributed by atoms with Crippen LogP contribution in [-0.2, 0) is 0 Å². The molecular formula is C14H11BrCl3N3. The molecule has 1 saturated carbocycles. The number of hydrogen-bond donors (Lipinski definition) is 1. The van der Waals surface area contributed by atoms with Gasteiger partial charge in [-0.3, -0.25) is 0 Å². The zero-order chi connectivity index (χ0) is 15.1. The van der Waals surface area contributed by atoms with Gasteiger partial charge in [-0.25, -0.2) is 9.97 Å². The van der Waals surface area contributed by atoms with E-state index in [9.17, 15) is 0 Å². The number of anilines is 2. The van der Waals surface area contributed by atoms with Crippen molar-refractivity contribution < 1.29 is 0 Å². The van der Waals surface area contributed by atoms with E-state index < -0.39 is 0 Å². The standard InChI is InChI=1S/C14H11BrCl3N3/c1-6-12(18)20-14(7-2-3-7)21-13(6)19-9-5-4-8(15)10(16)11(9)17/h4-5,7H,2-3H2,1H3,(H,19,20,21). The summed E-state index contributed by atoms with van der Waals surface area (Å²) in [6.45, 7) is 1.87. The van der Waals surface area contributed by atoms with Gasteiger partial charge in [0.25, 0.3) is 0 Å². The highest BCUT2D eigenvalue weighted by atomic mass is 79.9. The molecule has 3 rings (SSSR count). The first-order valence-corrected chi connectivity index (χ1v) is 8.34. The normalized spacial score (nSPS) is 14.3. The van der Waals surface area contributed by atoms with Crippen molar-refractivity contribution in [3.63, 3.8) is 0 Å². The number of benzene rings is 1. The van der Waals surface area contributed by atoms with Crippen LogP contribution >= 0.6 is 50.7 Å². The van der Waals surface area contributed by atoms with Gasteiger partial charge in [0.1, 0.15) is 16.8 Å². The number of rotatable bonds is 3. The van der Waals surface area contributed by atoms with Crippen LogP contribution in [0.1, 0.15) is 30.1 Å². The number of nitrogens with zero attached hydrogens (tertiary/aromatic N) is 2. The van der Waals surface area contributed by atoms with Crippen LogP contribution in [0.5, 0.6) is 0 Å². The molecule has 110 valence electrons. The van der Waals surface area contributed by atoms with E-state index in [4.69, 9.17) is 34.8 Å². The summed E-state index contributed by atoms with van der Waals surface area (Å²) < 4.78 is 0.746. The van der Waals surface area contributed by atoms with Crippen LogP contribution in [0.4, 0.5) is 11.5 Å². The lowest BCUT2D eigenvalue weighted by Gasteiger charge is -2.13. The van der Waals surface area contributed by atoms with Gasteiger partial charge in [0.15, 0.2) is 0 Å². The lowest BCUT2D eigenvalue weighted by Crippen LogP contribution is -2.03. The van der Waals surface area contributed by atoms with Crippen molar-refractivity contribution in [1.82, 2.24) is 9.97 Å². The molecule has 2 aromatic rings. The third-order valence-electron chi connectivity index (χ3n) is 3.33. The van der Waals surface area contributed by atoms with Crippen LogP contribution in [0.15, 0.2) is 16.6 Å². The Hall–Kier alpha value is -0.550. The van der Waals surface area contributed by atoms with Crippen LogP contribution in [0.25, 0.3) is 0 Å². The molecule has 1 aromatic heterocycles. The van der Waals surface area contributed by atoms with Gasteiger partial charge in [-0.15, -0.1) is 0 Å². The van der Waals surface area contributed by atoms with Crippen LogP contribution in [0.3, 0.4) is 0 Å². The van der Waals surface area contributed by atoms with E-state index in [0.29, 0.717) is 32.6 Å². The average Bonchev–Trinajstić information content (AvgIpc) is 3.28. The van der Waals surface area contributed by atoms with Crippen molar-refractivity contribution in [3.8, 4) is 0 Å². The maximum atomic E-state index is 6.25. The highest BCUT2D eigenvalue weighted by molar-refractivity contribution is 9.10. The third kappa shape index (κ3) is 3.14. The zero-order valence-corrected chi connectivity index (χ0v) is 14.9. The number of aromatic nitrogens is 2. The zero-order valence-electron chi connectivity index (χ0n) is 11.1. The van der Waals surface area contributed by atoms with Gasteiger partial charge >= 0.3 is 0 Å². The first-order valence-electron chi connectivity index (χ1n) is 6.42. The second kappa shape index (κ2) is 5.92. The molecule has 0 spiro atoms. The Morgan fingerprint density at radius 2 is 1.86 bits per heavy atom. The van der Waals surface area contributed by atoms with Crippen molar-refractivity contribution in [2.24, 2.45) is 0 Å². The summed E-state index contributed by atoms with van der Waals surface area (Å²) in [7, 11) is 0. The quantitative estimate of drug-likeness (QED) is 0.491. The van der Waals surface area contributed by atoms with E-state index in [-0.39, 0.29) is 0 Å². The van der Waals surface area contributed by atoms with Crippen molar-refractivity contribution in [2.45, 2.75) is 25.7 Å². The third-order valence-corrected chi connectivity index (χ3v) is 5.47. The second-order valence-electron chi connectivity index (χ2n) is 4.97. The predicted octanol–water partition coefficient (Wildman–Crippen LogP) is 6.13. The molecule has 0 aliphatic heterocycles. The first kappa shape index (κ1) is 15.3. The Morgan fingerprint density at radius 3 is 2.52 bits per heavy atom. The Morgan fingerprint density at radius 1 is 1.14 bits per heavy atom. The van der Waals surface area contributed by atoms with Crippen LogP contribution < -0.4 is 5.32 Å². The maximum Gasteiger partial charge on any atom is 0.138 e. The SMILES string of the molecule is Cc1c(Cl)nc(C2CC2)nc1Nc1ccc(Br)c(Cl)c1Cl. The van der Waals surface area contributed by atoms with E-state index in [0.717, 1.165) is 28.7 Å². The second-order valence-corrected chi connectivity index (χ2v) is 6.94. The number of nitrogens with one attached hydrogen (secondary N) is 1. The van der Waals surface area contributed by atoms with Gasteiger partial charge in [0.2, 0.25) is 0 Å². The molecule has 0 unspecified atom stereocenters. The molecule has 1 aliphatic rings. The van der Waals surface area contributed by atoms with E-state index in [1.807, 2.05) is 19.1 Å². The smallest absolute Gasteiger partial charge is 0.138 e. The van der Waals surface area contributed by atoms with Gasteiger partial charge in [-0.2, -0.15) is 0 Å². The van der Waals surface area contributed by atoms with Crippen molar-refractivity contribution in [2.75, 3.05) is 5.32 Å². The Labute approximate surface area is 146 Å². The van der Waals surface area contributed by atoms with Crippen LogP contribution in [0.2, 0.25) is 15.2 Å². The summed E-state index contributed by atoms with van der Waals surface area (Å²) in [5.74, 6) is 1.87. The lowest BCUT2D eigenvalue weighted by atomic mass is 10.2. The molecule has 0 saturated heterocycles. The summed E-state index contributed by atoms with van der Waals surface area (Å²) in [5, 5.41) is 4.56. The maximum absolute atomic E-state index is 6.25. The van der Waals surface area contributed by atoms with Gasteiger partial charge in [0.05, 0.1) is 15.7 Å². The molecular weight excluding hydrogens is 396 g/mol. The van der Waals surface area contributed by atoms with Gasteiger partial charge < -0.3 is 5.32 Å². The lowest BCUT2D eigenvalue weighted by molar-refractivity contribution is 0.922. The Balaban J connectivity index is 2.00. The average molecular weight is 408 g/mol. The molecule has 0 amide bonds. The highest BCUT2D eigenvalue weighted by Crippen LogP contribution is 2.41. The minimum Gasteiger partial charge on any atom is -0.339 e. The number of halogens is 4. The number of hydrogen-bond acceptors (Lipinski definition) is 3. The molecule has 1 N–H and O–H groups in total. The van der Waals surface area contributed by atoms with Gasteiger partial charge in [-0.05, 0) is 47.8 Å². The fourth-order valence-electron chi connectivity index (χ4n) is 1.90. The topological polar surface area (TPSA) is 37.8 Å². The summed E-state index contributed by atoms with van der Waals surface area (Å²) in [6, 6.07) is 3.67. The van der Waals surface area contributed by atoms with E-state index in [1.54, 1.807) is 0 Å². The minimum absolute atomic E-state index is 0.424. The first-order chi connectivity index (χ1) is 9.97. The molecule has 0 atom stereocenters. The summed E-state index contributed by atoms with van der Waals surface area (Å²) in [4.78, 5) is 8.90. The van der Waals surface area contributed by atoms with Crippen LogP contribution in [-0.4, -0.2) is 9.97 Å². The summed E-state index contributed by atoms with van der Waals surface area (Å²) >= 11 is 21.9. The van der Waals surface area contributed by atoms with Gasteiger partial charge in [-0.1, -0.05) is 34.8 Å². The monoisotopic (exact) mass is 405 g/mol. The molecule has 7 heteroatoms. The highest BCUT2D eigenvalue weighted by Gasteiger charge is 2.28. The van der Waals surface area contributed by atoms with Gasteiger partial charge in [0, 0.05) is 16.0 Å². The molecule has 1 aliphatic carbocycles. The Bertz CT molecular complexity index is 717. The summed E-state index contributed by atoms with van der Waals surface area (Å²) in [5.41, 5.74) is 1.47. The van der Waals surface area contributed by atoms with Crippen LogP contribution in [0, 0.1) is 6.92 Å². The molecule has 1 aromatic carbocycles. The predicted molar refractivity (Wildman–Crippen MR) is 91.2 cm³/mol. The summed E-state index contributed by atoms with van der Waals surface area (Å²) in [6.07, 6.45) is 2.23. The minimum atomic E-state index is 0.424. The Kier molecular flexibility index (Phi) is 4.33. The molecule has 21 heavy (non-hydrogen) atoms. The van der Waals surface area contributed by atoms with Crippen molar-refractivity contribution in [1.29, 1.82) is 0 Å². The molecule has 3 nitrogen and oxygen atoms in total.